The fourth-order valence-corrected chi connectivity index (χ4v) is 2.62. The molecule has 20 heavy (non-hydrogen) atoms. The Labute approximate surface area is 127 Å². The molecule has 0 aliphatic carbocycles. The highest BCUT2D eigenvalue weighted by atomic mass is 79.9. The largest absolute Gasteiger partial charge is 0.497 e. The van der Waals surface area contributed by atoms with Gasteiger partial charge in [-0.25, -0.2) is 0 Å². The molecule has 0 amide bonds. The van der Waals surface area contributed by atoms with Gasteiger partial charge in [0.2, 0.25) is 0 Å². The van der Waals surface area contributed by atoms with Crippen molar-refractivity contribution in [1.29, 1.82) is 0 Å². The van der Waals surface area contributed by atoms with Crippen LogP contribution in [-0.4, -0.2) is 32.2 Å². The van der Waals surface area contributed by atoms with E-state index in [0.29, 0.717) is 6.54 Å². The van der Waals surface area contributed by atoms with Crippen molar-refractivity contribution in [2.24, 2.45) is 0 Å². The van der Waals surface area contributed by atoms with Gasteiger partial charge >= 0.3 is 0 Å². The summed E-state index contributed by atoms with van der Waals surface area (Å²) in [7, 11) is 4.94. The van der Waals surface area contributed by atoms with E-state index in [0.717, 1.165) is 21.5 Å². The first kappa shape index (κ1) is 15.1. The number of ether oxygens (including phenoxy) is 3. The maximum absolute atomic E-state index is 5.26. The second kappa shape index (κ2) is 6.92. The van der Waals surface area contributed by atoms with Crippen molar-refractivity contribution in [3.8, 4) is 17.0 Å². The predicted molar refractivity (Wildman–Crippen MR) is 81.9 cm³/mol. The summed E-state index contributed by atoms with van der Waals surface area (Å²) in [5.74, 6) is 0.824. The van der Waals surface area contributed by atoms with Gasteiger partial charge in [0.05, 0.1) is 13.7 Å². The molecule has 1 aromatic heterocycles. The van der Waals surface area contributed by atoms with E-state index in [1.54, 1.807) is 21.3 Å². The molecule has 0 N–H and O–H groups in total. The molecule has 1 aromatic carbocycles. The van der Waals surface area contributed by atoms with E-state index in [1.807, 2.05) is 30.5 Å². The first-order valence-electron chi connectivity index (χ1n) is 6.24. The maximum Gasteiger partial charge on any atom is 0.174 e. The Morgan fingerprint density at radius 2 is 1.90 bits per heavy atom. The van der Waals surface area contributed by atoms with Crippen LogP contribution >= 0.6 is 15.9 Å². The number of methoxy groups -OCH3 is 3. The van der Waals surface area contributed by atoms with E-state index in [9.17, 15) is 0 Å². The van der Waals surface area contributed by atoms with Crippen LogP contribution in [-0.2, 0) is 16.0 Å². The number of halogens is 1. The molecule has 0 radical (unpaired) electrons. The molecule has 0 aliphatic heterocycles. The summed E-state index contributed by atoms with van der Waals surface area (Å²) in [4.78, 5) is 0. The summed E-state index contributed by atoms with van der Waals surface area (Å²) in [5.41, 5.74) is 2.19. The van der Waals surface area contributed by atoms with Crippen molar-refractivity contribution in [1.82, 2.24) is 4.57 Å². The Balaban J connectivity index is 2.32. The molecule has 0 unspecified atom stereocenters. The van der Waals surface area contributed by atoms with Gasteiger partial charge in [0.25, 0.3) is 0 Å². The molecule has 0 saturated carbocycles. The molecule has 4 nitrogen and oxygen atoms in total. The first-order valence-corrected chi connectivity index (χ1v) is 7.03. The summed E-state index contributed by atoms with van der Waals surface area (Å²) in [6.45, 7) is 0.633. The number of aromatic nitrogens is 1. The second-order valence-corrected chi connectivity index (χ2v) is 5.15. The quantitative estimate of drug-likeness (QED) is 0.754. The van der Waals surface area contributed by atoms with E-state index in [2.05, 4.69) is 26.6 Å². The highest BCUT2D eigenvalue weighted by molar-refractivity contribution is 9.10. The third-order valence-electron chi connectivity index (χ3n) is 3.15. The zero-order valence-corrected chi connectivity index (χ0v) is 13.4. The minimum absolute atomic E-state index is 0.266. The summed E-state index contributed by atoms with van der Waals surface area (Å²) in [6.07, 6.45) is 1.75. The number of hydrogen-bond acceptors (Lipinski definition) is 3. The molecule has 1 heterocycles. The number of nitrogens with zero attached hydrogens (tertiary/aromatic N) is 1. The highest BCUT2D eigenvalue weighted by Crippen LogP contribution is 2.32. The molecular weight excluding hydrogens is 322 g/mol. The van der Waals surface area contributed by atoms with E-state index < -0.39 is 0 Å². The number of hydrogen-bond donors (Lipinski definition) is 0. The lowest BCUT2D eigenvalue weighted by Crippen LogP contribution is -2.20. The van der Waals surface area contributed by atoms with Crippen molar-refractivity contribution >= 4 is 15.9 Å². The molecule has 0 aliphatic rings. The van der Waals surface area contributed by atoms with Crippen LogP contribution in [0.4, 0.5) is 0 Å². The van der Waals surface area contributed by atoms with Crippen LogP contribution in [0.15, 0.2) is 41.0 Å². The predicted octanol–water partition coefficient (Wildman–Crippen LogP) is 3.55. The van der Waals surface area contributed by atoms with Crippen LogP contribution in [0.25, 0.3) is 11.3 Å². The van der Waals surface area contributed by atoms with E-state index in [1.165, 1.54) is 0 Å². The van der Waals surface area contributed by atoms with Crippen molar-refractivity contribution in [3.05, 3.63) is 41.0 Å². The molecule has 5 heteroatoms. The average Bonchev–Trinajstić information content (AvgIpc) is 2.92. The van der Waals surface area contributed by atoms with Gasteiger partial charge < -0.3 is 18.8 Å². The number of rotatable bonds is 6. The number of benzene rings is 1. The van der Waals surface area contributed by atoms with Gasteiger partial charge in [-0.3, -0.25) is 0 Å². The standard InChI is InChI=1S/C15H18BrNO3/c1-18-11-6-7-12(13(16)9-11)14-5-4-8-17(14)10-15(19-2)20-3/h4-9,15H,10H2,1-3H3. The lowest BCUT2D eigenvalue weighted by molar-refractivity contribution is -0.110. The third kappa shape index (κ3) is 3.23. The third-order valence-corrected chi connectivity index (χ3v) is 3.81. The smallest absolute Gasteiger partial charge is 0.174 e. The van der Waals surface area contributed by atoms with E-state index >= 15 is 0 Å². The Bertz CT molecular complexity index is 564. The van der Waals surface area contributed by atoms with Gasteiger partial charge in [-0.05, 0) is 46.3 Å². The van der Waals surface area contributed by atoms with Gasteiger partial charge in [-0.15, -0.1) is 0 Å². The molecule has 2 aromatic rings. The molecule has 0 fully saturated rings. The molecule has 0 spiro atoms. The fourth-order valence-electron chi connectivity index (χ4n) is 2.05. The van der Waals surface area contributed by atoms with Crippen molar-refractivity contribution in [2.45, 2.75) is 12.8 Å². The van der Waals surface area contributed by atoms with Crippen LogP contribution < -0.4 is 4.74 Å². The fraction of sp³-hybridized carbons (Fsp3) is 0.333. The van der Waals surface area contributed by atoms with Crippen LogP contribution in [0, 0.1) is 0 Å². The van der Waals surface area contributed by atoms with Gasteiger partial charge in [0.15, 0.2) is 6.29 Å². The zero-order chi connectivity index (χ0) is 14.5. The molecular formula is C15H18BrNO3. The van der Waals surface area contributed by atoms with Crippen LogP contribution in [0.5, 0.6) is 5.75 Å². The summed E-state index contributed by atoms with van der Waals surface area (Å²) < 4.78 is 18.8. The highest BCUT2D eigenvalue weighted by Gasteiger charge is 2.12. The maximum atomic E-state index is 5.26. The zero-order valence-electron chi connectivity index (χ0n) is 11.8. The van der Waals surface area contributed by atoms with Crippen molar-refractivity contribution in [3.63, 3.8) is 0 Å². The second-order valence-electron chi connectivity index (χ2n) is 4.29. The summed E-state index contributed by atoms with van der Waals surface area (Å²) in [6, 6.07) is 10.0. The van der Waals surface area contributed by atoms with Gasteiger partial charge in [-0.2, -0.15) is 0 Å². The molecule has 0 atom stereocenters. The molecule has 0 bridgehead atoms. The van der Waals surface area contributed by atoms with Crippen molar-refractivity contribution < 1.29 is 14.2 Å². The first-order chi connectivity index (χ1) is 9.69. The van der Waals surface area contributed by atoms with Crippen LogP contribution in [0.3, 0.4) is 0 Å². The molecule has 108 valence electrons. The van der Waals surface area contributed by atoms with Gasteiger partial charge in [0, 0.05) is 36.1 Å². The monoisotopic (exact) mass is 339 g/mol. The molecule has 0 saturated heterocycles. The summed E-state index contributed by atoms with van der Waals surface area (Å²) in [5, 5.41) is 0. The van der Waals surface area contributed by atoms with Crippen LogP contribution in [0.1, 0.15) is 0 Å². The van der Waals surface area contributed by atoms with E-state index in [4.69, 9.17) is 14.2 Å². The lowest BCUT2D eigenvalue weighted by Gasteiger charge is -2.17. The lowest BCUT2D eigenvalue weighted by atomic mass is 10.1. The SMILES string of the molecule is COc1ccc(-c2cccn2CC(OC)OC)c(Br)c1. The van der Waals surface area contributed by atoms with Crippen molar-refractivity contribution in [2.75, 3.05) is 21.3 Å². The Hall–Kier alpha value is -1.30. The molecule has 2 rings (SSSR count). The Morgan fingerprint density at radius 1 is 1.15 bits per heavy atom. The minimum Gasteiger partial charge on any atom is -0.497 e. The average molecular weight is 340 g/mol. The van der Waals surface area contributed by atoms with Gasteiger partial charge in [0.1, 0.15) is 5.75 Å². The Kier molecular flexibility index (Phi) is 5.23. The Morgan fingerprint density at radius 3 is 2.50 bits per heavy atom. The van der Waals surface area contributed by atoms with E-state index in [-0.39, 0.29) is 6.29 Å². The topological polar surface area (TPSA) is 32.6 Å². The van der Waals surface area contributed by atoms with Crippen LogP contribution in [0.2, 0.25) is 0 Å². The summed E-state index contributed by atoms with van der Waals surface area (Å²) >= 11 is 3.59. The van der Waals surface area contributed by atoms with Gasteiger partial charge in [-0.1, -0.05) is 0 Å². The normalized spacial score (nSPS) is 11.1. The minimum atomic E-state index is -0.266.